The van der Waals surface area contributed by atoms with Crippen LogP contribution in [0.3, 0.4) is 0 Å². The minimum absolute atomic E-state index is 0.292. The molecule has 0 aromatic carbocycles. The number of nitrogens with one attached hydrogen (secondary N) is 1. The van der Waals surface area contributed by atoms with Gasteiger partial charge in [0.05, 0.1) is 5.56 Å². The lowest BCUT2D eigenvalue weighted by atomic mass is 9.92. The second-order valence-corrected chi connectivity index (χ2v) is 4.92. The van der Waals surface area contributed by atoms with E-state index in [2.05, 4.69) is 4.98 Å². The van der Waals surface area contributed by atoms with Gasteiger partial charge in [-0.3, -0.25) is 9.59 Å². The van der Waals surface area contributed by atoms with Crippen molar-refractivity contribution in [3.63, 3.8) is 0 Å². The molecule has 1 aliphatic heterocycles. The van der Waals surface area contributed by atoms with Crippen LogP contribution >= 0.6 is 0 Å². The van der Waals surface area contributed by atoms with E-state index >= 15 is 0 Å². The van der Waals surface area contributed by atoms with Crippen molar-refractivity contribution >= 4 is 11.9 Å². The van der Waals surface area contributed by atoms with E-state index in [1.807, 2.05) is 6.92 Å². The molecule has 0 bridgehead atoms. The Hall–Kier alpha value is -2.11. The van der Waals surface area contributed by atoms with Gasteiger partial charge in [-0.05, 0) is 24.8 Å². The quantitative estimate of drug-likeness (QED) is 0.822. The number of carboxylic acid groups (broad SMARTS) is 1. The first-order valence-electron chi connectivity index (χ1n) is 6.21. The molecule has 2 unspecified atom stereocenters. The number of aromatic amines is 1. The van der Waals surface area contributed by atoms with Crippen molar-refractivity contribution < 1.29 is 14.7 Å². The first kappa shape index (κ1) is 13.3. The van der Waals surface area contributed by atoms with Gasteiger partial charge in [-0.1, -0.05) is 6.92 Å². The van der Waals surface area contributed by atoms with Crippen LogP contribution in [-0.2, 0) is 4.79 Å². The predicted molar refractivity (Wildman–Crippen MR) is 67.9 cm³/mol. The number of piperidine rings is 1. The number of H-pyrrole nitrogens is 1. The number of carbonyl (C=O) groups excluding carboxylic acids is 1. The normalized spacial score (nSPS) is 23.1. The van der Waals surface area contributed by atoms with Crippen molar-refractivity contribution in [2.75, 3.05) is 6.54 Å². The third-order valence-electron chi connectivity index (χ3n) is 3.44. The number of carboxylic acids is 1. The van der Waals surface area contributed by atoms with Crippen LogP contribution in [0, 0.1) is 5.92 Å². The largest absolute Gasteiger partial charge is 0.480 e. The Morgan fingerprint density at radius 3 is 2.74 bits per heavy atom. The van der Waals surface area contributed by atoms with Crippen LogP contribution in [0.1, 0.15) is 30.1 Å². The third kappa shape index (κ3) is 2.83. The summed E-state index contributed by atoms with van der Waals surface area (Å²) in [6.45, 7) is 2.41. The van der Waals surface area contributed by atoms with Gasteiger partial charge in [0.15, 0.2) is 0 Å². The topological polar surface area (TPSA) is 90.5 Å². The van der Waals surface area contributed by atoms with Crippen LogP contribution in [0.2, 0.25) is 0 Å². The van der Waals surface area contributed by atoms with Gasteiger partial charge in [0.1, 0.15) is 6.04 Å². The number of aromatic nitrogens is 1. The smallest absolute Gasteiger partial charge is 0.326 e. The molecule has 0 radical (unpaired) electrons. The fourth-order valence-electron chi connectivity index (χ4n) is 2.33. The van der Waals surface area contributed by atoms with Crippen LogP contribution in [0.5, 0.6) is 0 Å². The van der Waals surface area contributed by atoms with E-state index in [1.165, 1.54) is 23.2 Å². The molecular weight excluding hydrogens is 248 g/mol. The Kier molecular flexibility index (Phi) is 3.69. The second-order valence-electron chi connectivity index (χ2n) is 4.92. The van der Waals surface area contributed by atoms with E-state index < -0.39 is 12.0 Å². The summed E-state index contributed by atoms with van der Waals surface area (Å²) < 4.78 is 0. The van der Waals surface area contributed by atoms with E-state index in [0.717, 1.165) is 6.42 Å². The Morgan fingerprint density at radius 1 is 1.42 bits per heavy atom. The number of hydrogen-bond acceptors (Lipinski definition) is 3. The molecule has 1 amide bonds. The van der Waals surface area contributed by atoms with Crippen LogP contribution in [0.25, 0.3) is 0 Å². The molecule has 0 aliphatic carbocycles. The van der Waals surface area contributed by atoms with Gasteiger partial charge in [0.25, 0.3) is 5.91 Å². The molecular formula is C13H16N2O4. The summed E-state index contributed by atoms with van der Waals surface area (Å²) in [4.78, 5) is 38.3. The average molecular weight is 264 g/mol. The summed E-state index contributed by atoms with van der Waals surface area (Å²) in [5.74, 6) is -1.04. The predicted octanol–water partition coefficient (Wildman–Crippen LogP) is 0.700. The summed E-state index contributed by atoms with van der Waals surface area (Å²) >= 11 is 0. The Morgan fingerprint density at radius 2 is 2.16 bits per heavy atom. The van der Waals surface area contributed by atoms with E-state index in [-0.39, 0.29) is 11.5 Å². The van der Waals surface area contributed by atoms with Crippen molar-refractivity contribution in [2.45, 2.75) is 25.8 Å². The number of nitrogens with zero attached hydrogens (tertiary/aromatic N) is 1. The molecule has 1 aromatic rings. The van der Waals surface area contributed by atoms with Crippen molar-refractivity contribution in [1.29, 1.82) is 0 Å². The van der Waals surface area contributed by atoms with Gasteiger partial charge in [0.2, 0.25) is 5.56 Å². The highest BCUT2D eigenvalue weighted by Crippen LogP contribution is 2.24. The molecule has 102 valence electrons. The minimum atomic E-state index is -0.982. The third-order valence-corrected chi connectivity index (χ3v) is 3.44. The lowest BCUT2D eigenvalue weighted by Gasteiger charge is -2.36. The number of pyridine rings is 1. The standard InChI is InChI=1S/C13H16N2O4/c1-8-4-5-15(10(6-8)13(18)19)12(17)9-2-3-11(16)14-7-9/h2-3,7-8,10H,4-6H2,1H3,(H,14,16)(H,18,19). The van der Waals surface area contributed by atoms with Crippen LogP contribution in [0.4, 0.5) is 0 Å². The molecule has 0 saturated carbocycles. The fraction of sp³-hybridized carbons (Fsp3) is 0.462. The Labute approximate surface area is 110 Å². The van der Waals surface area contributed by atoms with Gasteiger partial charge in [-0.15, -0.1) is 0 Å². The van der Waals surface area contributed by atoms with Crippen molar-refractivity contribution in [3.05, 3.63) is 34.2 Å². The molecule has 2 N–H and O–H groups in total. The molecule has 6 heteroatoms. The zero-order valence-corrected chi connectivity index (χ0v) is 10.6. The maximum Gasteiger partial charge on any atom is 0.326 e. The molecule has 1 aromatic heterocycles. The Balaban J connectivity index is 2.23. The van der Waals surface area contributed by atoms with Crippen LogP contribution < -0.4 is 5.56 Å². The van der Waals surface area contributed by atoms with Gasteiger partial charge in [-0.2, -0.15) is 0 Å². The highest BCUT2D eigenvalue weighted by Gasteiger charge is 2.35. The van der Waals surface area contributed by atoms with Gasteiger partial charge in [0, 0.05) is 18.8 Å². The van der Waals surface area contributed by atoms with E-state index in [9.17, 15) is 19.5 Å². The molecule has 2 rings (SSSR count). The SMILES string of the molecule is CC1CCN(C(=O)c2ccc(=O)[nH]c2)C(C(=O)O)C1. The number of amides is 1. The highest BCUT2D eigenvalue weighted by atomic mass is 16.4. The number of carbonyl (C=O) groups is 2. The van der Waals surface area contributed by atoms with E-state index in [0.29, 0.717) is 24.4 Å². The zero-order chi connectivity index (χ0) is 14.0. The van der Waals surface area contributed by atoms with Crippen LogP contribution in [0.15, 0.2) is 23.1 Å². The van der Waals surface area contributed by atoms with Gasteiger partial charge >= 0.3 is 5.97 Å². The number of rotatable bonds is 2. The molecule has 0 spiro atoms. The summed E-state index contributed by atoms with van der Waals surface area (Å²) in [6.07, 6.45) is 2.57. The highest BCUT2D eigenvalue weighted by molar-refractivity contribution is 5.96. The van der Waals surface area contributed by atoms with Crippen molar-refractivity contribution in [3.8, 4) is 0 Å². The lowest BCUT2D eigenvalue weighted by Crippen LogP contribution is -2.49. The lowest BCUT2D eigenvalue weighted by molar-refractivity contribution is -0.144. The Bertz CT molecular complexity index is 531. The first-order chi connectivity index (χ1) is 8.99. The molecule has 6 nitrogen and oxygen atoms in total. The average Bonchev–Trinajstić information content (AvgIpc) is 2.38. The zero-order valence-electron chi connectivity index (χ0n) is 10.6. The maximum atomic E-state index is 12.3. The summed E-state index contributed by atoms with van der Waals surface area (Å²) in [5, 5.41) is 9.21. The summed E-state index contributed by atoms with van der Waals surface area (Å²) in [7, 11) is 0. The molecule has 1 fully saturated rings. The van der Waals surface area contributed by atoms with Crippen molar-refractivity contribution in [2.24, 2.45) is 5.92 Å². The second kappa shape index (κ2) is 5.26. The number of hydrogen-bond donors (Lipinski definition) is 2. The molecule has 2 heterocycles. The molecule has 19 heavy (non-hydrogen) atoms. The first-order valence-corrected chi connectivity index (χ1v) is 6.21. The summed E-state index contributed by atoms with van der Waals surface area (Å²) in [5.41, 5.74) is 0.0130. The minimum Gasteiger partial charge on any atom is -0.480 e. The molecule has 1 aliphatic rings. The number of likely N-dealkylation sites (tertiary alicyclic amines) is 1. The number of aliphatic carboxylic acids is 1. The van der Waals surface area contributed by atoms with E-state index in [4.69, 9.17) is 0 Å². The molecule has 1 saturated heterocycles. The van der Waals surface area contributed by atoms with E-state index in [1.54, 1.807) is 0 Å². The van der Waals surface area contributed by atoms with Gasteiger partial charge < -0.3 is 15.0 Å². The maximum absolute atomic E-state index is 12.3. The monoisotopic (exact) mass is 264 g/mol. The van der Waals surface area contributed by atoms with Crippen LogP contribution in [-0.4, -0.2) is 39.5 Å². The van der Waals surface area contributed by atoms with Crippen molar-refractivity contribution in [1.82, 2.24) is 9.88 Å². The summed E-state index contributed by atoms with van der Waals surface area (Å²) in [6, 6.07) is 1.89. The fourth-order valence-corrected chi connectivity index (χ4v) is 2.33. The molecule has 2 atom stereocenters. The van der Waals surface area contributed by atoms with Gasteiger partial charge in [-0.25, -0.2) is 4.79 Å².